The number of nitrogens with zero attached hydrogens (tertiary/aromatic N) is 1. The Morgan fingerprint density at radius 2 is 2.03 bits per heavy atom. The van der Waals surface area contributed by atoms with Crippen LogP contribution in [0.5, 0.6) is 17.2 Å². The summed E-state index contributed by atoms with van der Waals surface area (Å²) in [5.74, 6) is -0.364. The molecule has 0 aliphatic carbocycles. The Morgan fingerprint density at radius 1 is 1.21 bits per heavy atom. The number of nitrogens with two attached hydrogens (primary N) is 1. The van der Waals surface area contributed by atoms with E-state index in [1.165, 1.54) is 18.5 Å². The van der Waals surface area contributed by atoms with Crippen molar-refractivity contribution in [1.29, 1.82) is 0 Å². The van der Waals surface area contributed by atoms with E-state index in [4.69, 9.17) is 15.2 Å². The number of esters is 1. The highest BCUT2D eigenvalue weighted by atomic mass is 127. The first kappa shape index (κ1) is 19.3. The minimum atomic E-state index is -0.706. The highest BCUT2D eigenvalue weighted by Gasteiger charge is 2.22. The summed E-state index contributed by atoms with van der Waals surface area (Å²) in [6.07, 6.45) is 3.14. The van der Waals surface area contributed by atoms with E-state index in [0.717, 1.165) is 3.57 Å². The smallest absolute Gasteiger partial charge is 0.315 e. The summed E-state index contributed by atoms with van der Waals surface area (Å²) < 4.78 is 25.9. The highest BCUT2D eigenvalue weighted by Crippen LogP contribution is 2.33. The van der Waals surface area contributed by atoms with E-state index >= 15 is 0 Å². The molecule has 8 heteroatoms. The molecule has 146 valence electrons. The maximum Gasteiger partial charge on any atom is 0.315 e. The van der Waals surface area contributed by atoms with Crippen LogP contribution in [0, 0.1) is 9.39 Å². The van der Waals surface area contributed by atoms with E-state index in [1.54, 1.807) is 30.3 Å². The number of fused-ring (bicyclic) bond motifs is 1. The Bertz CT molecular complexity index is 1150. The fraction of sp³-hybridized carbons (Fsp3) is 0.0952. The van der Waals surface area contributed by atoms with Crippen LogP contribution in [0.15, 0.2) is 48.8 Å². The topological polar surface area (TPSA) is 91.5 Å². The quantitative estimate of drug-likeness (QED) is 0.325. The molecule has 6 nitrogen and oxygen atoms in total. The van der Waals surface area contributed by atoms with Gasteiger partial charge in [0.25, 0.3) is 5.91 Å². The van der Waals surface area contributed by atoms with Crippen molar-refractivity contribution in [3.63, 3.8) is 0 Å². The van der Waals surface area contributed by atoms with Gasteiger partial charge in [0.1, 0.15) is 17.3 Å². The van der Waals surface area contributed by atoms with Crippen molar-refractivity contribution in [2.45, 2.75) is 12.8 Å². The number of pyridine rings is 1. The van der Waals surface area contributed by atoms with Crippen LogP contribution in [0.2, 0.25) is 0 Å². The average molecular weight is 504 g/mol. The lowest BCUT2D eigenvalue weighted by molar-refractivity contribution is -0.131. The van der Waals surface area contributed by atoms with Crippen LogP contribution in [0.25, 0.3) is 0 Å². The molecule has 0 unspecified atom stereocenters. The van der Waals surface area contributed by atoms with Gasteiger partial charge in [-0.05, 0) is 64.0 Å². The number of amides is 1. The van der Waals surface area contributed by atoms with Crippen LogP contribution in [0.4, 0.5) is 4.39 Å². The minimum Gasteiger partial charge on any atom is -0.455 e. The number of hydrogen-bond acceptors (Lipinski definition) is 5. The van der Waals surface area contributed by atoms with Gasteiger partial charge in [-0.3, -0.25) is 14.6 Å². The van der Waals surface area contributed by atoms with Crippen LogP contribution in [-0.2, 0) is 17.6 Å². The molecule has 0 fully saturated rings. The summed E-state index contributed by atoms with van der Waals surface area (Å²) in [7, 11) is 0. The van der Waals surface area contributed by atoms with Gasteiger partial charge in [-0.1, -0.05) is 6.07 Å². The number of benzene rings is 2. The Hall–Kier alpha value is -3.01. The molecule has 0 radical (unpaired) electrons. The molecule has 4 rings (SSSR count). The molecule has 0 bridgehead atoms. The number of hydrogen-bond donors (Lipinski definition) is 1. The van der Waals surface area contributed by atoms with Gasteiger partial charge < -0.3 is 15.2 Å². The fourth-order valence-electron chi connectivity index (χ4n) is 3.14. The van der Waals surface area contributed by atoms with E-state index in [0.29, 0.717) is 28.2 Å². The largest absolute Gasteiger partial charge is 0.455 e. The molecule has 1 aliphatic rings. The van der Waals surface area contributed by atoms with Crippen molar-refractivity contribution >= 4 is 34.5 Å². The third kappa shape index (κ3) is 4.07. The summed E-state index contributed by atoms with van der Waals surface area (Å²) in [6, 6.07) is 9.76. The second-order valence-electron chi connectivity index (χ2n) is 6.47. The zero-order valence-corrected chi connectivity index (χ0v) is 17.1. The first-order chi connectivity index (χ1) is 13.9. The number of ether oxygens (including phenoxy) is 2. The summed E-state index contributed by atoms with van der Waals surface area (Å²) in [4.78, 5) is 27.7. The summed E-state index contributed by atoms with van der Waals surface area (Å²) in [5.41, 5.74) is 7.28. The zero-order chi connectivity index (χ0) is 20.5. The predicted octanol–water partition coefficient (Wildman–Crippen LogP) is 3.77. The molecule has 0 saturated carbocycles. The van der Waals surface area contributed by atoms with Gasteiger partial charge in [0.05, 0.1) is 18.2 Å². The maximum absolute atomic E-state index is 14.3. The van der Waals surface area contributed by atoms with Gasteiger partial charge in [0.2, 0.25) is 0 Å². The second-order valence-corrected chi connectivity index (χ2v) is 7.72. The molecule has 1 aliphatic heterocycles. The Kier molecular flexibility index (Phi) is 5.18. The molecule has 3 aromatic rings. The predicted molar refractivity (Wildman–Crippen MR) is 111 cm³/mol. The van der Waals surface area contributed by atoms with Gasteiger partial charge in [0, 0.05) is 21.8 Å². The lowest BCUT2D eigenvalue weighted by atomic mass is 10.0. The van der Waals surface area contributed by atoms with Crippen molar-refractivity contribution in [2.75, 3.05) is 0 Å². The molecule has 2 aromatic carbocycles. The molecular weight excluding hydrogens is 490 g/mol. The number of aromatic nitrogens is 1. The molecule has 29 heavy (non-hydrogen) atoms. The first-order valence-corrected chi connectivity index (χ1v) is 9.70. The van der Waals surface area contributed by atoms with Gasteiger partial charge in [-0.2, -0.15) is 0 Å². The lowest BCUT2D eigenvalue weighted by Crippen LogP contribution is -2.16. The first-order valence-electron chi connectivity index (χ1n) is 8.63. The van der Waals surface area contributed by atoms with Crippen molar-refractivity contribution in [3.8, 4) is 17.2 Å². The van der Waals surface area contributed by atoms with Gasteiger partial charge in [-0.15, -0.1) is 0 Å². The molecule has 2 N–H and O–H groups in total. The summed E-state index contributed by atoms with van der Waals surface area (Å²) in [6.45, 7) is 0. The summed E-state index contributed by atoms with van der Waals surface area (Å²) >= 11 is 2.03. The van der Waals surface area contributed by atoms with E-state index in [-0.39, 0.29) is 35.9 Å². The van der Waals surface area contributed by atoms with Crippen LogP contribution in [-0.4, -0.2) is 16.9 Å². The number of halogens is 2. The average Bonchev–Trinajstić information content (AvgIpc) is 3.03. The standard InChI is InChI=1S/C21H14FIN2O4/c22-16-8-14(23)2-1-11(16)5-13-9-25-10-18(20(13)21(24)27)28-15-3-4-17-12(6-15)7-19(26)29-17/h1-4,6,8-10H,5,7H2,(H2,24,27). The maximum atomic E-state index is 14.3. The Balaban J connectivity index is 1.68. The monoisotopic (exact) mass is 504 g/mol. The third-order valence-corrected chi connectivity index (χ3v) is 5.12. The van der Waals surface area contributed by atoms with Gasteiger partial charge in [0.15, 0.2) is 5.75 Å². The molecule has 1 amide bonds. The van der Waals surface area contributed by atoms with Crippen molar-refractivity contribution in [2.24, 2.45) is 5.73 Å². The zero-order valence-electron chi connectivity index (χ0n) is 14.9. The van der Waals surface area contributed by atoms with Crippen LogP contribution < -0.4 is 15.2 Å². The van der Waals surface area contributed by atoms with Crippen LogP contribution in [0.3, 0.4) is 0 Å². The van der Waals surface area contributed by atoms with Crippen LogP contribution >= 0.6 is 22.6 Å². The molecule has 1 aromatic heterocycles. The normalized spacial score (nSPS) is 12.4. The number of carbonyl (C=O) groups is 2. The van der Waals surface area contributed by atoms with Crippen molar-refractivity contribution < 1.29 is 23.5 Å². The highest BCUT2D eigenvalue weighted by molar-refractivity contribution is 14.1. The summed E-state index contributed by atoms with van der Waals surface area (Å²) in [5, 5.41) is 0. The van der Waals surface area contributed by atoms with E-state index < -0.39 is 5.91 Å². The van der Waals surface area contributed by atoms with Crippen molar-refractivity contribution in [3.05, 3.63) is 80.4 Å². The SMILES string of the molecule is NC(=O)c1c(Cc2ccc(I)cc2F)cncc1Oc1ccc2c(c1)CC(=O)O2. The minimum absolute atomic E-state index is 0.130. The molecular formula is C21H14FIN2O4. The van der Waals surface area contributed by atoms with Gasteiger partial charge in [-0.25, -0.2) is 4.39 Å². The molecule has 0 atom stereocenters. The molecule has 0 spiro atoms. The van der Waals surface area contributed by atoms with E-state index in [2.05, 4.69) is 4.98 Å². The second kappa shape index (κ2) is 7.78. The number of primary amides is 1. The van der Waals surface area contributed by atoms with Gasteiger partial charge >= 0.3 is 5.97 Å². The number of rotatable bonds is 5. The van der Waals surface area contributed by atoms with Crippen molar-refractivity contribution in [1.82, 2.24) is 4.98 Å². The van der Waals surface area contributed by atoms with E-state index in [9.17, 15) is 14.0 Å². The number of carbonyl (C=O) groups excluding carboxylic acids is 2. The lowest BCUT2D eigenvalue weighted by Gasteiger charge is -2.13. The van der Waals surface area contributed by atoms with E-state index in [1.807, 2.05) is 22.6 Å². The molecule has 0 saturated heterocycles. The Morgan fingerprint density at radius 3 is 2.79 bits per heavy atom. The molecule has 2 heterocycles. The van der Waals surface area contributed by atoms with Crippen LogP contribution in [0.1, 0.15) is 27.0 Å². The third-order valence-electron chi connectivity index (χ3n) is 4.45. The Labute approximate surface area is 179 Å². The fourth-order valence-corrected chi connectivity index (χ4v) is 3.60.